The van der Waals surface area contributed by atoms with Crippen molar-refractivity contribution >= 4 is 23.4 Å². The first-order valence-electron chi connectivity index (χ1n) is 11.5. The summed E-state index contributed by atoms with van der Waals surface area (Å²) in [4.78, 5) is 46.2. The van der Waals surface area contributed by atoms with Crippen LogP contribution in [0.25, 0.3) is 5.76 Å². The molecule has 1 aromatic carbocycles. The number of hydrogen-bond acceptors (Lipinski definition) is 6. The zero-order valence-electron chi connectivity index (χ0n) is 20.5. The Kier molecular flexibility index (Phi) is 6.91. The minimum atomic E-state index is -0.914. The average Bonchev–Trinajstić information content (AvgIpc) is 3.32. The fourth-order valence-corrected chi connectivity index (χ4v) is 4.52. The number of aromatic nitrogens is 2. The molecule has 0 bridgehead atoms. The zero-order valence-corrected chi connectivity index (χ0v) is 20.5. The van der Waals surface area contributed by atoms with Crippen LogP contribution in [0.15, 0.2) is 54.4 Å². The molecule has 1 saturated heterocycles. The van der Waals surface area contributed by atoms with Crippen molar-refractivity contribution in [2.24, 2.45) is 0 Å². The van der Waals surface area contributed by atoms with Crippen LogP contribution in [0.1, 0.15) is 51.4 Å². The van der Waals surface area contributed by atoms with Gasteiger partial charge in [0, 0.05) is 22.9 Å². The lowest BCUT2D eigenvalue weighted by Crippen LogP contribution is -2.29. The van der Waals surface area contributed by atoms with Crippen LogP contribution >= 0.6 is 0 Å². The molecule has 4 rings (SSSR count). The standard InChI is InChI=1S/C27H27N3O6/c1-5-36-27(34)22-15(2)20(16(3)29-22)24(31)21-23(18-8-10-19(35-4)11-9-18)30(26(33)25(21)32)14-17-7-6-12-28-13-17/h6-13,23,29,31H,5,14H2,1-4H3/b24-21+. The number of ether oxygens (including phenoxy) is 2. The molecule has 0 saturated carbocycles. The number of esters is 1. The molecule has 2 N–H and O–H groups in total. The van der Waals surface area contributed by atoms with Crippen LogP contribution < -0.4 is 14.8 Å². The second kappa shape index (κ2) is 10.1. The van der Waals surface area contributed by atoms with Crippen molar-refractivity contribution in [3.8, 4) is 5.75 Å². The Morgan fingerprint density at radius 3 is 2.50 bits per heavy atom. The number of nitrogens with one attached hydrogen (secondary N) is 2. The topological polar surface area (TPSA) is 126 Å². The molecule has 0 radical (unpaired) electrons. The van der Waals surface area contributed by atoms with E-state index in [1.54, 1.807) is 63.5 Å². The van der Waals surface area contributed by atoms with Crippen molar-refractivity contribution in [1.29, 1.82) is 0 Å². The van der Waals surface area contributed by atoms with Crippen LogP contribution in [0.3, 0.4) is 0 Å². The molecule has 1 amide bonds. The summed E-state index contributed by atoms with van der Waals surface area (Å²) in [5, 5.41) is 13.9. The Balaban J connectivity index is 1.88. The molecular weight excluding hydrogens is 462 g/mol. The number of rotatable bonds is 7. The molecule has 1 aliphatic rings. The van der Waals surface area contributed by atoms with Crippen molar-refractivity contribution in [2.75, 3.05) is 13.7 Å². The number of methoxy groups -OCH3 is 1. The van der Waals surface area contributed by atoms with Gasteiger partial charge in [-0.1, -0.05) is 17.9 Å². The third-order valence-electron chi connectivity index (χ3n) is 6.23. The quantitative estimate of drug-likeness (QED) is 0.234. The SMILES string of the molecule is CCOC(=O)c1[nH]c(C)c(/C([O-])=C2\C(=O)C(=O)N(Cc3ccc[nH+]c3)C2c2ccc(OC)cc2)c1C. The molecule has 0 aliphatic carbocycles. The van der Waals surface area contributed by atoms with Gasteiger partial charge in [0.1, 0.15) is 11.4 Å². The number of H-pyrrole nitrogens is 2. The van der Waals surface area contributed by atoms with E-state index in [-0.39, 0.29) is 30.0 Å². The predicted molar refractivity (Wildman–Crippen MR) is 127 cm³/mol. The summed E-state index contributed by atoms with van der Waals surface area (Å²) in [6.07, 6.45) is 3.47. The molecule has 36 heavy (non-hydrogen) atoms. The third kappa shape index (κ3) is 4.35. The molecule has 3 aromatic rings. The van der Waals surface area contributed by atoms with Crippen molar-refractivity contribution in [3.05, 3.63) is 88.0 Å². The highest BCUT2D eigenvalue weighted by atomic mass is 16.5. The summed E-state index contributed by atoms with van der Waals surface area (Å²) in [7, 11) is 1.54. The molecule has 0 spiro atoms. The number of carbonyl (C=O) groups is 3. The number of Topliss-reactive ketones (excluding diaryl/α,β-unsaturated/α-hetero) is 1. The van der Waals surface area contributed by atoms with E-state index in [0.29, 0.717) is 22.6 Å². The number of amides is 1. The van der Waals surface area contributed by atoms with Crippen molar-refractivity contribution in [2.45, 2.75) is 33.4 Å². The van der Waals surface area contributed by atoms with E-state index in [1.165, 1.54) is 12.0 Å². The largest absolute Gasteiger partial charge is 0.872 e. The van der Waals surface area contributed by atoms with Gasteiger partial charge in [-0.2, -0.15) is 0 Å². The highest BCUT2D eigenvalue weighted by molar-refractivity contribution is 6.46. The maximum Gasteiger partial charge on any atom is 0.355 e. The van der Waals surface area contributed by atoms with Crippen LogP contribution in [0.4, 0.5) is 0 Å². The van der Waals surface area contributed by atoms with Gasteiger partial charge >= 0.3 is 5.97 Å². The first kappa shape index (κ1) is 24.7. The number of ketones is 1. The van der Waals surface area contributed by atoms with Gasteiger partial charge in [0.2, 0.25) is 5.78 Å². The van der Waals surface area contributed by atoms with E-state index in [0.717, 1.165) is 5.56 Å². The van der Waals surface area contributed by atoms with Gasteiger partial charge in [0.05, 0.1) is 26.3 Å². The van der Waals surface area contributed by atoms with E-state index in [2.05, 4.69) is 9.97 Å². The summed E-state index contributed by atoms with van der Waals surface area (Å²) in [5.41, 5.74) is 2.31. The maximum absolute atomic E-state index is 13.9. The molecule has 9 heteroatoms. The monoisotopic (exact) mass is 489 g/mol. The lowest BCUT2D eigenvalue weighted by molar-refractivity contribution is -0.378. The molecular formula is C27H27N3O6. The molecule has 1 aliphatic heterocycles. The lowest BCUT2D eigenvalue weighted by atomic mass is 9.94. The molecule has 2 aromatic heterocycles. The molecule has 1 atom stereocenters. The fourth-order valence-electron chi connectivity index (χ4n) is 4.52. The normalized spacial score (nSPS) is 16.9. The number of likely N-dealkylation sites (tertiary alicyclic amines) is 1. The van der Waals surface area contributed by atoms with E-state index in [1.807, 2.05) is 6.07 Å². The van der Waals surface area contributed by atoms with Gasteiger partial charge in [-0.05, 0) is 55.7 Å². The summed E-state index contributed by atoms with van der Waals surface area (Å²) in [6.45, 7) is 5.24. The first-order valence-corrected chi connectivity index (χ1v) is 11.5. The van der Waals surface area contributed by atoms with E-state index in [9.17, 15) is 19.5 Å². The van der Waals surface area contributed by atoms with Crippen molar-refractivity contribution in [1.82, 2.24) is 9.88 Å². The Morgan fingerprint density at radius 2 is 1.89 bits per heavy atom. The summed E-state index contributed by atoms with van der Waals surface area (Å²) >= 11 is 0. The predicted octanol–water partition coefficient (Wildman–Crippen LogP) is 2.06. The Morgan fingerprint density at radius 1 is 1.17 bits per heavy atom. The molecule has 186 valence electrons. The number of pyridine rings is 1. The number of carbonyl (C=O) groups excluding carboxylic acids is 3. The van der Waals surface area contributed by atoms with E-state index >= 15 is 0 Å². The number of nitrogens with zero attached hydrogens (tertiary/aromatic N) is 1. The average molecular weight is 490 g/mol. The molecule has 1 unspecified atom stereocenters. The van der Waals surface area contributed by atoms with Gasteiger partial charge in [-0.15, -0.1) is 0 Å². The second-order valence-corrected chi connectivity index (χ2v) is 8.44. The molecule has 9 nitrogen and oxygen atoms in total. The minimum Gasteiger partial charge on any atom is -0.872 e. The van der Waals surface area contributed by atoms with E-state index < -0.39 is 29.5 Å². The van der Waals surface area contributed by atoms with Gasteiger partial charge in [0.25, 0.3) is 5.91 Å². The smallest absolute Gasteiger partial charge is 0.355 e. The number of aryl methyl sites for hydroxylation is 1. The Bertz CT molecular complexity index is 1340. The Hall–Kier alpha value is -4.40. The van der Waals surface area contributed by atoms with Crippen molar-refractivity contribution < 1.29 is 33.9 Å². The first-order chi connectivity index (χ1) is 17.3. The number of aromatic amines is 2. The van der Waals surface area contributed by atoms with Crippen LogP contribution in [-0.4, -0.2) is 41.3 Å². The lowest BCUT2D eigenvalue weighted by Gasteiger charge is -2.27. The third-order valence-corrected chi connectivity index (χ3v) is 6.23. The number of hydrogen-bond donors (Lipinski definition) is 1. The highest BCUT2D eigenvalue weighted by Gasteiger charge is 2.44. The van der Waals surface area contributed by atoms with Gasteiger partial charge < -0.3 is 24.5 Å². The minimum absolute atomic E-state index is 0.120. The van der Waals surface area contributed by atoms with Gasteiger partial charge in [0.15, 0.2) is 12.4 Å². The number of benzene rings is 1. The maximum atomic E-state index is 13.9. The van der Waals surface area contributed by atoms with Gasteiger partial charge in [-0.25, -0.2) is 9.78 Å². The second-order valence-electron chi connectivity index (χ2n) is 8.44. The van der Waals surface area contributed by atoms with Crippen LogP contribution in [0, 0.1) is 13.8 Å². The Labute approximate surface area is 208 Å². The summed E-state index contributed by atoms with van der Waals surface area (Å²) in [6, 6.07) is 9.59. The van der Waals surface area contributed by atoms with Crippen molar-refractivity contribution in [3.63, 3.8) is 0 Å². The molecule has 3 heterocycles. The van der Waals surface area contributed by atoms with Gasteiger partial charge in [-0.3, -0.25) is 9.59 Å². The highest BCUT2D eigenvalue weighted by Crippen LogP contribution is 2.41. The van der Waals surface area contributed by atoms with Crippen LogP contribution in [0.2, 0.25) is 0 Å². The summed E-state index contributed by atoms with van der Waals surface area (Å²) < 4.78 is 10.3. The fraction of sp³-hybridized carbons (Fsp3) is 0.259. The molecule has 1 fully saturated rings. The van der Waals surface area contributed by atoms with Crippen LogP contribution in [-0.2, 0) is 20.9 Å². The zero-order chi connectivity index (χ0) is 26.0. The van der Waals surface area contributed by atoms with E-state index in [4.69, 9.17) is 9.47 Å². The van der Waals surface area contributed by atoms with Crippen LogP contribution in [0.5, 0.6) is 5.75 Å². The summed E-state index contributed by atoms with van der Waals surface area (Å²) in [5.74, 6) is -2.22.